The largest absolute Gasteiger partial charge is 0.573 e. The molecule has 0 radical (unpaired) electrons. The predicted molar refractivity (Wildman–Crippen MR) is 61.2 cm³/mol. The van der Waals surface area contributed by atoms with Crippen LogP contribution >= 0.6 is 0 Å². The average Bonchev–Trinajstić information content (AvgIpc) is 2.77. The highest BCUT2D eigenvalue weighted by Gasteiger charge is 2.30. The molecule has 102 valence electrons. The predicted octanol–water partition coefficient (Wildman–Crippen LogP) is 1.80. The molecular weight excluding hydrogens is 261 g/mol. The minimum absolute atomic E-state index is 0.273. The van der Waals surface area contributed by atoms with Gasteiger partial charge in [0.2, 0.25) is 0 Å². The van der Waals surface area contributed by atoms with Crippen molar-refractivity contribution < 1.29 is 17.9 Å². The van der Waals surface area contributed by atoms with Gasteiger partial charge in [-0.1, -0.05) is 5.21 Å². The molecule has 2 N–H and O–H groups in total. The Morgan fingerprint density at radius 2 is 1.89 bits per heavy atom. The summed E-state index contributed by atoms with van der Waals surface area (Å²) in [5.74, 6) is -0.273. The maximum absolute atomic E-state index is 12.0. The highest BCUT2D eigenvalue weighted by Crippen LogP contribution is 2.25. The van der Waals surface area contributed by atoms with Crippen LogP contribution in [-0.2, 0) is 6.54 Å². The Kier molecular flexibility index (Phi) is 3.70. The molecule has 2 rings (SSSR count). The molecule has 0 amide bonds. The quantitative estimate of drug-likeness (QED) is 0.921. The first-order chi connectivity index (χ1) is 8.98. The molecule has 0 bridgehead atoms. The van der Waals surface area contributed by atoms with Crippen LogP contribution in [-0.4, -0.2) is 27.9 Å². The number of benzene rings is 1. The fourth-order valence-electron chi connectivity index (χ4n) is 1.50. The van der Waals surface area contributed by atoms with Crippen LogP contribution < -0.4 is 10.5 Å². The Morgan fingerprint density at radius 1 is 1.21 bits per heavy atom. The summed E-state index contributed by atoms with van der Waals surface area (Å²) in [5.41, 5.74) is 6.59. The first-order valence-electron chi connectivity index (χ1n) is 5.44. The molecule has 5 nitrogen and oxygen atoms in total. The molecule has 0 aliphatic rings. The lowest BCUT2D eigenvalue weighted by molar-refractivity contribution is -0.274. The second-order valence-electron chi connectivity index (χ2n) is 3.73. The van der Waals surface area contributed by atoms with Gasteiger partial charge in [-0.3, -0.25) is 4.68 Å². The number of halogens is 3. The second-order valence-corrected chi connectivity index (χ2v) is 3.73. The van der Waals surface area contributed by atoms with Gasteiger partial charge in [0.05, 0.1) is 12.7 Å². The van der Waals surface area contributed by atoms with E-state index in [9.17, 15) is 13.2 Å². The molecule has 1 aromatic carbocycles. The number of nitrogens with two attached hydrogens (primary N) is 1. The van der Waals surface area contributed by atoms with Crippen molar-refractivity contribution in [2.24, 2.45) is 5.73 Å². The summed E-state index contributed by atoms with van der Waals surface area (Å²) in [4.78, 5) is 0. The molecule has 0 saturated heterocycles. The summed E-state index contributed by atoms with van der Waals surface area (Å²) in [6.07, 6.45) is -3.02. The normalized spacial score (nSPS) is 11.6. The zero-order valence-electron chi connectivity index (χ0n) is 9.76. The monoisotopic (exact) mass is 272 g/mol. The van der Waals surface area contributed by atoms with Crippen molar-refractivity contribution in [3.63, 3.8) is 0 Å². The number of rotatable bonds is 4. The number of ether oxygens (including phenoxy) is 1. The van der Waals surface area contributed by atoms with E-state index in [1.807, 2.05) is 0 Å². The van der Waals surface area contributed by atoms with Crippen LogP contribution in [0.25, 0.3) is 11.3 Å². The summed E-state index contributed by atoms with van der Waals surface area (Å²) >= 11 is 0. The third kappa shape index (κ3) is 3.68. The highest BCUT2D eigenvalue weighted by atomic mass is 19.4. The number of hydrogen-bond acceptors (Lipinski definition) is 4. The van der Waals surface area contributed by atoms with Crippen LogP contribution in [0.2, 0.25) is 0 Å². The third-order valence-corrected chi connectivity index (χ3v) is 2.28. The van der Waals surface area contributed by atoms with Crippen LogP contribution in [0.3, 0.4) is 0 Å². The van der Waals surface area contributed by atoms with Gasteiger partial charge in [0.1, 0.15) is 11.4 Å². The Hall–Kier alpha value is -2.09. The Morgan fingerprint density at radius 3 is 2.47 bits per heavy atom. The van der Waals surface area contributed by atoms with Crippen molar-refractivity contribution >= 4 is 0 Å². The topological polar surface area (TPSA) is 66.0 Å². The van der Waals surface area contributed by atoms with Crippen LogP contribution in [0, 0.1) is 0 Å². The smallest absolute Gasteiger partial charge is 0.406 e. The van der Waals surface area contributed by atoms with Gasteiger partial charge in [-0.2, -0.15) is 0 Å². The van der Waals surface area contributed by atoms with Crippen LogP contribution in [0.15, 0.2) is 30.5 Å². The first-order valence-corrected chi connectivity index (χ1v) is 5.44. The minimum atomic E-state index is -4.69. The van der Waals surface area contributed by atoms with Crippen molar-refractivity contribution in [1.29, 1.82) is 0 Å². The fourth-order valence-corrected chi connectivity index (χ4v) is 1.50. The van der Waals surface area contributed by atoms with Crippen molar-refractivity contribution in [2.75, 3.05) is 6.54 Å². The van der Waals surface area contributed by atoms with Crippen LogP contribution in [0.4, 0.5) is 13.2 Å². The molecule has 1 aromatic heterocycles. The zero-order valence-corrected chi connectivity index (χ0v) is 9.76. The molecule has 1 heterocycles. The van der Waals surface area contributed by atoms with E-state index >= 15 is 0 Å². The van der Waals surface area contributed by atoms with Crippen molar-refractivity contribution in [3.8, 4) is 17.0 Å². The van der Waals surface area contributed by atoms with Crippen molar-refractivity contribution in [2.45, 2.75) is 12.9 Å². The molecule has 0 aliphatic heterocycles. The van der Waals surface area contributed by atoms with E-state index in [0.29, 0.717) is 24.3 Å². The summed E-state index contributed by atoms with van der Waals surface area (Å²) in [5, 5.41) is 7.74. The first kappa shape index (κ1) is 13.3. The van der Waals surface area contributed by atoms with Crippen molar-refractivity contribution in [1.82, 2.24) is 15.0 Å². The Bertz CT molecular complexity index is 536. The summed E-state index contributed by atoms with van der Waals surface area (Å²) in [7, 11) is 0. The Balaban J connectivity index is 2.13. The van der Waals surface area contributed by atoms with Gasteiger partial charge in [0.15, 0.2) is 0 Å². The fraction of sp³-hybridized carbons (Fsp3) is 0.273. The highest BCUT2D eigenvalue weighted by molar-refractivity contribution is 5.58. The van der Waals surface area contributed by atoms with Gasteiger partial charge in [0.25, 0.3) is 0 Å². The lowest BCUT2D eigenvalue weighted by Crippen LogP contribution is -2.16. The van der Waals surface area contributed by atoms with E-state index in [4.69, 9.17) is 5.73 Å². The molecule has 0 saturated carbocycles. The van der Waals surface area contributed by atoms with Crippen LogP contribution in [0.1, 0.15) is 0 Å². The standard InChI is InChI=1S/C11H11F3N4O/c12-11(13,14)19-9-3-1-8(2-4-9)10-7-18(6-5-15)17-16-10/h1-4,7H,5-6,15H2. The van der Waals surface area contributed by atoms with E-state index in [1.54, 1.807) is 10.9 Å². The second kappa shape index (κ2) is 5.27. The SMILES string of the molecule is NCCn1cc(-c2ccc(OC(F)(F)F)cc2)nn1. The van der Waals surface area contributed by atoms with Gasteiger partial charge in [0, 0.05) is 12.1 Å². The number of aromatic nitrogens is 3. The maximum atomic E-state index is 12.0. The molecule has 2 aromatic rings. The van der Waals surface area contributed by atoms with E-state index in [0.717, 1.165) is 0 Å². The van der Waals surface area contributed by atoms with Crippen LogP contribution in [0.5, 0.6) is 5.75 Å². The zero-order chi connectivity index (χ0) is 13.9. The molecule has 0 atom stereocenters. The third-order valence-electron chi connectivity index (χ3n) is 2.28. The lowest BCUT2D eigenvalue weighted by Gasteiger charge is -2.08. The molecule has 8 heteroatoms. The van der Waals surface area contributed by atoms with E-state index < -0.39 is 6.36 Å². The average molecular weight is 272 g/mol. The van der Waals surface area contributed by atoms with Gasteiger partial charge in [-0.25, -0.2) is 0 Å². The summed E-state index contributed by atoms with van der Waals surface area (Å²) in [6, 6.07) is 5.42. The number of alkyl halides is 3. The molecule has 0 fully saturated rings. The van der Waals surface area contributed by atoms with Gasteiger partial charge >= 0.3 is 6.36 Å². The van der Waals surface area contributed by atoms with E-state index in [1.165, 1.54) is 24.3 Å². The number of hydrogen-bond donors (Lipinski definition) is 1. The van der Waals surface area contributed by atoms with E-state index in [-0.39, 0.29) is 5.75 Å². The summed E-state index contributed by atoms with van der Waals surface area (Å²) in [6.45, 7) is 0.962. The summed E-state index contributed by atoms with van der Waals surface area (Å²) < 4.78 is 41.3. The van der Waals surface area contributed by atoms with Gasteiger partial charge in [-0.15, -0.1) is 18.3 Å². The molecule has 0 unspecified atom stereocenters. The molecular formula is C11H11F3N4O. The maximum Gasteiger partial charge on any atom is 0.573 e. The molecule has 0 aliphatic carbocycles. The van der Waals surface area contributed by atoms with Gasteiger partial charge in [-0.05, 0) is 24.3 Å². The molecule has 19 heavy (non-hydrogen) atoms. The number of nitrogens with zero attached hydrogens (tertiary/aromatic N) is 3. The Labute approximate surface area is 106 Å². The minimum Gasteiger partial charge on any atom is -0.406 e. The van der Waals surface area contributed by atoms with Crippen molar-refractivity contribution in [3.05, 3.63) is 30.5 Å². The van der Waals surface area contributed by atoms with Gasteiger partial charge < -0.3 is 10.5 Å². The lowest BCUT2D eigenvalue weighted by atomic mass is 10.2. The molecule has 0 spiro atoms. The van der Waals surface area contributed by atoms with E-state index in [2.05, 4.69) is 15.0 Å².